The molecular formula is C23H32O7. The number of methoxy groups -OCH3 is 3. The molecule has 0 bridgehead atoms. The average molecular weight is 421 g/mol. The van der Waals surface area contributed by atoms with Gasteiger partial charge in [0.25, 0.3) is 0 Å². The van der Waals surface area contributed by atoms with Gasteiger partial charge in [0.2, 0.25) is 11.6 Å². The van der Waals surface area contributed by atoms with Gasteiger partial charge >= 0.3 is 0 Å². The molecule has 1 aliphatic carbocycles. The van der Waals surface area contributed by atoms with Crippen LogP contribution in [0.4, 0.5) is 0 Å². The van der Waals surface area contributed by atoms with Crippen LogP contribution in [0.2, 0.25) is 0 Å². The first-order valence-corrected chi connectivity index (χ1v) is 10.5. The van der Waals surface area contributed by atoms with Crippen molar-refractivity contribution in [2.24, 2.45) is 0 Å². The lowest BCUT2D eigenvalue weighted by molar-refractivity contribution is -0.495. The Balaban J connectivity index is 1.65. The van der Waals surface area contributed by atoms with Crippen LogP contribution in [0.3, 0.4) is 0 Å². The standard InChI is InChI=1S/C23H32O7/c1-5-17-18-19(30-23(26-4)14-10-9-13-22(23,25-3)29-18)20(21(24-2)28-17)27-15-16-11-7-6-8-12-16/h5-8,11-12,17-21H,1,9-10,13-15H2,2-4H3/t17-,18-,19+,20+,21+,22+,23+/m1/s1. The van der Waals surface area contributed by atoms with Crippen LogP contribution >= 0.6 is 0 Å². The Labute approximate surface area is 178 Å². The minimum Gasteiger partial charge on any atom is -0.365 e. The number of hydrogen-bond acceptors (Lipinski definition) is 7. The van der Waals surface area contributed by atoms with Crippen molar-refractivity contribution in [3.63, 3.8) is 0 Å². The lowest BCUT2D eigenvalue weighted by Gasteiger charge is -2.60. The zero-order valence-corrected chi connectivity index (χ0v) is 18.0. The molecule has 1 saturated carbocycles. The van der Waals surface area contributed by atoms with Crippen LogP contribution in [0.15, 0.2) is 43.0 Å². The third kappa shape index (κ3) is 3.62. The molecule has 2 aliphatic heterocycles. The Bertz CT molecular complexity index is 713. The molecule has 0 aromatic heterocycles. The normalized spacial score (nSPS) is 41.0. The van der Waals surface area contributed by atoms with Gasteiger partial charge in [-0.3, -0.25) is 0 Å². The number of hydrogen-bond donors (Lipinski definition) is 0. The van der Waals surface area contributed by atoms with Crippen LogP contribution in [0.5, 0.6) is 0 Å². The summed E-state index contributed by atoms with van der Waals surface area (Å²) >= 11 is 0. The highest BCUT2D eigenvalue weighted by Gasteiger charge is 2.66. The van der Waals surface area contributed by atoms with Gasteiger partial charge in [-0.15, -0.1) is 6.58 Å². The lowest BCUT2D eigenvalue weighted by Crippen LogP contribution is -2.75. The molecule has 7 atom stereocenters. The van der Waals surface area contributed by atoms with Crippen LogP contribution in [0.25, 0.3) is 0 Å². The Morgan fingerprint density at radius 2 is 1.63 bits per heavy atom. The van der Waals surface area contributed by atoms with E-state index in [1.165, 1.54) is 0 Å². The highest BCUT2D eigenvalue weighted by molar-refractivity contribution is 5.14. The van der Waals surface area contributed by atoms with Gasteiger partial charge in [0.05, 0.1) is 6.61 Å². The summed E-state index contributed by atoms with van der Waals surface area (Å²) in [6.45, 7) is 4.32. The minimum absolute atomic E-state index is 0.398. The molecule has 4 rings (SSSR count). The first-order valence-electron chi connectivity index (χ1n) is 10.5. The second-order valence-electron chi connectivity index (χ2n) is 7.99. The summed E-state index contributed by atoms with van der Waals surface area (Å²) in [6, 6.07) is 9.97. The molecule has 1 aromatic carbocycles. The SMILES string of the molecule is C=C[C@H]1O[C@H](OC)[C@@H](OCc2ccccc2)[C@H]2O[C@@]3(OC)CCCC[C@]3(OC)O[C@@H]21. The second-order valence-corrected chi connectivity index (χ2v) is 7.99. The first-order chi connectivity index (χ1) is 14.6. The predicted octanol–water partition coefficient (Wildman–Crippen LogP) is 3.17. The van der Waals surface area contributed by atoms with Crippen molar-refractivity contribution in [1.29, 1.82) is 0 Å². The fourth-order valence-electron chi connectivity index (χ4n) is 4.87. The molecule has 3 fully saturated rings. The van der Waals surface area contributed by atoms with E-state index in [4.69, 9.17) is 33.2 Å². The molecule has 7 heteroatoms. The van der Waals surface area contributed by atoms with Gasteiger partial charge in [0.1, 0.15) is 24.4 Å². The lowest BCUT2D eigenvalue weighted by atomic mass is 9.83. The van der Waals surface area contributed by atoms with Crippen molar-refractivity contribution in [3.05, 3.63) is 48.6 Å². The molecule has 0 radical (unpaired) electrons. The van der Waals surface area contributed by atoms with Crippen LogP contribution in [-0.4, -0.2) is 63.6 Å². The first kappa shape index (κ1) is 21.9. The maximum Gasteiger partial charge on any atom is 0.223 e. The zero-order chi connectivity index (χ0) is 21.2. The van der Waals surface area contributed by atoms with Crippen LogP contribution < -0.4 is 0 Å². The summed E-state index contributed by atoms with van der Waals surface area (Å²) in [5.74, 6) is -2.02. The average Bonchev–Trinajstić information content (AvgIpc) is 2.81. The van der Waals surface area contributed by atoms with Crippen molar-refractivity contribution in [2.75, 3.05) is 21.3 Å². The monoisotopic (exact) mass is 420 g/mol. The summed E-state index contributed by atoms with van der Waals surface area (Å²) in [5.41, 5.74) is 1.05. The molecule has 2 heterocycles. The van der Waals surface area contributed by atoms with E-state index in [-0.39, 0.29) is 0 Å². The highest BCUT2D eigenvalue weighted by Crippen LogP contribution is 2.51. The number of ether oxygens (including phenoxy) is 7. The molecule has 0 unspecified atom stereocenters. The predicted molar refractivity (Wildman–Crippen MR) is 109 cm³/mol. The van der Waals surface area contributed by atoms with Gasteiger partial charge in [0.15, 0.2) is 6.29 Å². The second kappa shape index (κ2) is 9.04. The molecule has 0 N–H and O–H groups in total. The van der Waals surface area contributed by atoms with Crippen LogP contribution in [0.1, 0.15) is 31.2 Å². The molecule has 1 aromatic rings. The van der Waals surface area contributed by atoms with E-state index in [0.29, 0.717) is 19.4 Å². The summed E-state index contributed by atoms with van der Waals surface area (Å²) in [4.78, 5) is 0. The molecular weight excluding hydrogens is 388 g/mol. The van der Waals surface area contributed by atoms with Crippen molar-refractivity contribution in [1.82, 2.24) is 0 Å². The summed E-state index contributed by atoms with van der Waals surface area (Å²) in [6.07, 6.45) is 2.48. The Kier molecular flexibility index (Phi) is 6.60. The van der Waals surface area contributed by atoms with Crippen molar-refractivity contribution in [2.45, 2.75) is 74.6 Å². The highest BCUT2D eigenvalue weighted by atomic mass is 16.8. The molecule has 3 aliphatic rings. The van der Waals surface area contributed by atoms with Gasteiger partial charge in [-0.05, 0) is 18.4 Å². The maximum atomic E-state index is 6.69. The smallest absolute Gasteiger partial charge is 0.223 e. The molecule has 0 spiro atoms. The Morgan fingerprint density at radius 3 is 2.20 bits per heavy atom. The van der Waals surface area contributed by atoms with E-state index in [0.717, 1.165) is 18.4 Å². The van der Waals surface area contributed by atoms with E-state index < -0.39 is 42.3 Å². The van der Waals surface area contributed by atoms with Gasteiger partial charge < -0.3 is 33.2 Å². The van der Waals surface area contributed by atoms with E-state index in [1.807, 2.05) is 30.3 Å². The number of fused-ring (bicyclic) bond motifs is 2. The molecule has 30 heavy (non-hydrogen) atoms. The zero-order valence-electron chi connectivity index (χ0n) is 18.0. The van der Waals surface area contributed by atoms with Gasteiger partial charge in [-0.1, -0.05) is 36.4 Å². The fraction of sp³-hybridized carbons (Fsp3) is 0.652. The van der Waals surface area contributed by atoms with Crippen molar-refractivity contribution >= 4 is 0 Å². The van der Waals surface area contributed by atoms with E-state index in [1.54, 1.807) is 27.4 Å². The molecule has 2 saturated heterocycles. The Hall–Kier alpha value is -1.32. The van der Waals surface area contributed by atoms with E-state index >= 15 is 0 Å². The van der Waals surface area contributed by atoms with Crippen LogP contribution in [-0.2, 0) is 39.8 Å². The minimum atomic E-state index is -1.02. The number of benzene rings is 1. The summed E-state index contributed by atoms with van der Waals surface area (Å²) in [7, 11) is 4.87. The van der Waals surface area contributed by atoms with Crippen molar-refractivity contribution in [3.8, 4) is 0 Å². The quantitative estimate of drug-likeness (QED) is 0.628. The van der Waals surface area contributed by atoms with Crippen LogP contribution in [0, 0.1) is 0 Å². The summed E-state index contributed by atoms with van der Waals surface area (Å²) in [5, 5.41) is 0. The van der Waals surface area contributed by atoms with E-state index in [2.05, 4.69) is 6.58 Å². The molecule has 166 valence electrons. The topological polar surface area (TPSA) is 64.6 Å². The Morgan fingerprint density at radius 1 is 1.00 bits per heavy atom. The molecule has 7 nitrogen and oxygen atoms in total. The maximum absolute atomic E-state index is 6.69. The van der Waals surface area contributed by atoms with Crippen molar-refractivity contribution < 1.29 is 33.2 Å². The number of rotatable bonds is 7. The largest absolute Gasteiger partial charge is 0.365 e. The third-order valence-electron chi connectivity index (χ3n) is 6.44. The molecule has 0 amide bonds. The fourth-order valence-corrected chi connectivity index (χ4v) is 4.87. The third-order valence-corrected chi connectivity index (χ3v) is 6.44. The van der Waals surface area contributed by atoms with Gasteiger partial charge in [-0.2, -0.15) is 0 Å². The summed E-state index contributed by atoms with van der Waals surface area (Å²) < 4.78 is 43.2. The van der Waals surface area contributed by atoms with E-state index in [9.17, 15) is 0 Å². The van der Waals surface area contributed by atoms with Gasteiger partial charge in [-0.25, -0.2) is 0 Å². The van der Waals surface area contributed by atoms with Gasteiger partial charge in [0, 0.05) is 34.2 Å².